The molecule has 0 radical (unpaired) electrons. The Bertz CT molecular complexity index is 948. The minimum atomic E-state index is -3.99. The lowest BCUT2D eigenvalue weighted by atomic mass is 10.3. The molecule has 1 N–H and O–H groups in total. The van der Waals surface area contributed by atoms with Gasteiger partial charge < -0.3 is 0 Å². The van der Waals surface area contributed by atoms with Crippen molar-refractivity contribution in [2.75, 3.05) is 0 Å². The molecule has 1 amide bonds. The number of nitrogens with one attached hydrogen (secondary N) is 1. The molecule has 3 rings (SSSR count). The van der Waals surface area contributed by atoms with Gasteiger partial charge in [-0.1, -0.05) is 6.07 Å². The minimum Gasteiger partial charge on any atom is -0.267 e. The second-order valence-corrected chi connectivity index (χ2v) is 7.57. The normalized spacial score (nSPS) is 11.3. The number of hydrogen-bond donors (Lipinski definition) is 1. The minimum absolute atomic E-state index is 0.0490. The van der Waals surface area contributed by atoms with Crippen molar-refractivity contribution in [3.63, 3.8) is 0 Å². The van der Waals surface area contributed by atoms with Crippen molar-refractivity contribution in [1.82, 2.24) is 24.9 Å². The molecule has 0 saturated carbocycles. The third kappa shape index (κ3) is 3.27. The highest BCUT2D eigenvalue weighted by molar-refractivity contribution is 7.90. The van der Waals surface area contributed by atoms with E-state index < -0.39 is 15.9 Å². The number of aromatic nitrogens is 4. The van der Waals surface area contributed by atoms with E-state index in [4.69, 9.17) is 0 Å². The predicted octanol–water partition coefficient (Wildman–Crippen LogP) is 1.15. The van der Waals surface area contributed by atoms with E-state index in [0.29, 0.717) is 10.6 Å². The van der Waals surface area contributed by atoms with E-state index in [1.807, 2.05) is 6.92 Å². The Labute approximate surface area is 135 Å². The van der Waals surface area contributed by atoms with Crippen LogP contribution < -0.4 is 4.72 Å². The second kappa shape index (κ2) is 5.89. The van der Waals surface area contributed by atoms with Crippen molar-refractivity contribution < 1.29 is 13.2 Å². The first-order chi connectivity index (χ1) is 11.0. The van der Waals surface area contributed by atoms with Crippen LogP contribution in [0.25, 0.3) is 5.69 Å². The Morgan fingerprint density at radius 1 is 1.26 bits per heavy atom. The Morgan fingerprint density at radius 3 is 2.74 bits per heavy atom. The third-order valence-electron chi connectivity index (χ3n) is 2.93. The molecule has 1 aromatic carbocycles. The van der Waals surface area contributed by atoms with Crippen LogP contribution in [0.3, 0.4) is 0 Å². The van der Waals surface area contributed by atoms with Gasteiger partial charge in [0.25, 0.3) is 15.9 Å². The van der Waals surface area contributed by atoms with Gasteiger partial charge in [0.05, 0.1) is 15.5 Å². The molecule has 0 fully saturated rings. The molecular weight excluding hydrogens is 338 g/mol. The summed E-state index contributed by atoms with van der Waals surface area (Å²) < 4.78 is 28.1. The van der Waals surface area contributed by atoms with Crippen molar-refractivity contribution in [3.05, 3.63) is 52.5 Å². The van der Waals surface area contributed by atoms with Gasteiger partial charge in [-0.3, -0.25) is 4.79 Å². The van der Waals surface area contributed by atoms with E-state index in [0.717, 1.165) is 4.88 Å². The molecule has 0 unspecified atom stereocenters. The molecule has 0 aliphatic rings. The van der Waals surface area contributed by atoms with Crippen LogP contribution in [0.2, 0.25) is 0 Å². The lowest BCUT2D eigenvalue weighted by molar-refractivity contribution is 0.0985. The number of carbonyl (C=O) groups is 1. The number of nitrogens with zero attached hydrogens (tertiary/aromatic N) is 4. The lowest BCUT2D eigenvalue weighted by Gasteiger charge is -2.07. The standard InChI is InChI=1S/C13H11N5O3S2/c1-9-5-6-12(22-9)13(19)15-23(20,21)11-4-2-3-10(7-11)18-8-14-16-17-18/h2-8H,1H3,(H,15,19). The Kier molecular flexibility index (Phi) is 3.92. The van der Waals surface area contributed by atoms with Gasteiger partial charge in [-0.25, -0.2) is 17.8 Å². The van der Waals surface area contributed by atoms with Crippen molar-refractivity contribution in [2.24, 2.45) is 0 Å². The fourth-order valence-electron chi connectivity index (χ4n) is 1.86. The number of thiophene rings is 1. The zero-order valence-electron chi connectivity index (χ0n) is 11.9. The number of aryl methyl sites for hydroxylation is 1. The van der Waals surface area contributed by atoms with Crippen LogP contribution >= 0.6 is 11.3 Å². The van der Waals surface area contributed by atoms with Gasteiger partial charge in [0.2, 0.25) is 0 Å². The summed E-state index contributed by atoms with van der Waals surface area (Å²) in [4.78, 5) is 13.3. The fourth-order valence-corrected chi connectivity index (χ4v) is 3.69. The summed E-state index contributed by atoms with van der Waals surface area (Å²) in [7, 11) is -3.99. The van der Waals surface area contributed by atoms with Gasteiger partial charge in [-0.15, -0.1) is 16.4 Å². The van der Waals surface area contributed by atoms with Gasteiger partial charge in [0, 0.05) is 4.88 Å². The van der Waals surface area contributed by atoms with Crippen LogP contribution in [0.4, 0.5) is 0 Å². The number of hydrogen-bond acceptors (Lipinski definition) is 7. The number of rotatable bonds is 4. The summed E-state index contributed by atoms with van der Waals surface area (Å²) in [6.07, 6.45) is 1.35. The lowest BCUT2D eigenvalue weighted by Crippen LogP contribution is -2.30. The van der Waals surface area contributed by atoms with E-state index in [9.17, 15) is 13.2 Å². The first-order valence-corrected chi connectivity index (χ1v) is 8.73. The Morgan fingerprint density at radius 2 is 2.09 bits per heavy atom. The summed E-state index contributed by atoms with van der Waals surface area (Å²) in [5, 5.41) is 10.7. The number of sulfonamides is 1. The third-order valence-corrected chi connectivity index (χ3v) is 5.26. The Hall–Kier alpha value is -2.59. The molecule has 0 spiro atoms. The maximum absolute atomic E-state index is 12.4. The summed E-state index contributed by atoms with van der Waals surface area (Å²) >= 11 is 1.23. The van der Waals surface area contributed by atoms with Crippen molar-refractivity contribution >= 4 is 27.3 Å². The second-order valence-electron chi connectivity index (χ2n) is 4.60. The van der Waals surface area contributed by atoms with E-state index in [-0.39, 0.29) is 4.90 Å². The first kappa shape index (κ1) is 15.3. The quantitative estimate of drug-likeness (QED) is 0.757. The molecule has 0 atom stereocenters. The number of tetrazole rings is 1. The maximum Gasteiger partial charge on any atom is 0.275 e. The van der Waals surface area contributed by atoms with Gasteiger partial charge in [-0.2, -0.15) is 0 Å². The van der Waals surface area contributed by atoms with Crippen LogP contribution in [0.1, 0.15) is 14.5 Å². The number of benzene rings is 1. The highest BCUT2D eigenvalue weighted by atomic mass is 32.2. The summed E-state index contributed by atoms with van der Waals surface area (Å²) in [5.41, 5.74) is 0.470. The zero-order chi connectivity index (χ0) is 16.4. The van der Waals surface area contributed by atoms with Gasteiger partial charge >= 0.3 is 0 Å². The van der Waals surface area contributed by atoms with Crippen molar-refractivity contribution in [2.45, 2.75) is 11.8 Å². The highest BCUT2D eigenvalue weighted by Crippen LogP contribution is 2.17. The summed E-state index contributed by atoms with van der Waals surface area (Å²) in [6.45, 7) is 1.84. The van der Waals surface area contributed by atoms with Crippen LogP contribution in [0.15, 0.2) is 47.6 Å². The molecule has 0 aliphatic heterocycles. The molecule has 2 heterocycles. The molecule has 0 saturated heterocycles. The number of amides is 1. The molecular formula is C13H11N5O3S2. The molecule has 23 heavy (non-hydrogen) atoms. The molecule has 0 aliphatic carbocycles. The maximum atomic E-state index is 12.4. The van der Waals surface area contributed by atoms with Gasteiger partial charge in [0.15, 0.2) is 0 Å². The van der Waals surface area contributed by atoms with E-state index >= 15 is 0 Å². The average molecular weight is 349 g/mol. The topological polar surface area (TPSA) is 107 Å². The molecule has 8 nitrogen and oxygen atoms in total. The molecule has 3 aromatic rings. The average Bonchev–Trinajstić information content (AvgIpc) is 3.18. The fraction of sp³-hybridized carbons (Fsp3) is 0.0769. The van der Waals surface area contributed by atoms with E-state index in [2.05, 4.69) is 20.2 Å². The molecule has 10 heteroatoms. The van der Waals surface area contributed by atoms with Crippen LogP contribution in [0.5, 0.6) is 0 Å². The predicted molar refractivity (Wildman–Crippen MR) is 82.9 cm³/mol. The number of carbonyl (C=O) groups excluding carboxylic acids is 1. The first-order valence-electron chi connectivity index (χ1n) is 6.43. The molecule has 0 bridgehead atoms. The van der Waals surface area contributed by atoms with E-state index in [1.165, 1.54) is 34.5 Å². The summed E-state index contributed by atoms with van der Waals surface area (Å²) in [6, 6.07) is 9.31. The SMILES string of the molecule is Cc1ccc(C(=O)NS(=O)(=O)c2cccc(-n3cnnn3)c2)s1. The highest BCUT2D eigenvalue weighted by Gasteiger charge is 2.20. The van der Waals surface area contributed by atoms with Gasteiger partial charge in [-0.05, 0) is 47.7 Å². The molecule has 2 aromatic heterocycles. The van der Waals surface area contributed by atoms with Gasteiger partial charge in [0.1, 0.15) is 6.33 Å². The van der Waals surface area contributed by atoms with Crippen molar-refractivity contribution in [1.29, 1.82) is 0 Å². The van der Waals surface area contributed by atoms with Crippen molar-refractivity contribution in [3.8, 4) is 5.69 Å². The van der Waals surface area contributed by atoms with Crippen LogP contribution in [-0.4, -0.2) is 34.5 Å². The van der Waals surface area contributed by atoms with Crippen LogP contribution in [0, 0.1) is 6.92 Å². The monoisotopic (exact) mass is 349 g/mol. The smallest absolute Gasteiger partial charge is 0.267 e. The van der Waals surface area contributed by atoms with E-state index in [1.54, 1.807) is 24.3 Å². The Balaban J connectivity index is 1.88. The molecule has 118 valence electrons. The summed E-state index contributed by atoms with van der Waals surface area (Å²) in [5.74, 6) is -0.657. The van der Waals surface area contributed by atoms with Crippen LogP contribution in [-0.2, 0) is 10.0 Å². The largest absolute Gasteiger partial charge is 0.275 e. The zero-order valence-corrected chi connectivity index (χ0v) is 13.5.